The lowest BCUT2D eigenvalue weighted by atomic mass is 9.61. The number of hydrogen-bond donors (Lipinski definition) is 1. The van der Waals surface area contributed by atoms with E-state index >= 15 is 0 Å². The van der Waals surface area contributed by atoms with Crippen LogP contribution in [0.3, 0.4) is 0 Å². The van der Waals surface area contributed by atoms with Crippen LogP contribution in [0.25, 0.3) is 6.08 Å². The van der Waals surface area contributed by atoms with Gasteiger partial charge in [-0.2, -0.15) is 0 Å². The molecule has 1 aromatic rings. The van der Waals surface area contributed by atoms with Gasteiger partial charge in [-0.25, -0.2) is 4.79 Å². The Morgan fingerprint density at radius 3 is 2.67 bits per heavy atom. The minimum absolute atomic E-state index is 0.0992. The Balaban J connectivity index is 1.63. The minimum Gasteiger partial charge on any atom is -0.459 e. The average Bonchev–Trinajstić information content (AvgIpc) is 2.62. The van der Waals surface area contributed by atoms with Crippen LogP contribution in [-0.2, 0) is 14.3 Å². The standard InChI is InChI=1S/C20H25NO3/c1-20(2)15-10-17(11-16(20)13-21-18(22)12-15)24-19(23)9-8-14-6-4-3-5-7-14/h3-9,15-17H,10-13H2,1-2H3,(H,21,22)/b9-8+/t15-,16+,17-/m0/s1. The molecule has 1 amide bonds. The number of ether oxygens (including phenoxy) is 1. The molecule has 1 aliphatic carbocycles. The largest absolute Gasteiger partial charge is 0.459 e. The van der Waals surface area contributed by atoms with Gasteiger partial charge in [0.2, 0.25) is 5.91 Å². The lowest BCUT2D eigenvalue weighted by molar-refractivity contribution is -0.149. The van der Waals surface area contributed by atoms with Gasteiger partial charge in [-0.05, 0) is 41.7 Å². The third-order valence-corrected chi connectivity index (χ3v) is 5.67. The zero-order valence-corrected chi connectivity index (χ0v) is 14.3. The topological polar surface area (TPSA) is 55.4 Å². The van der Waals surface area contributed by atoms with Crippen molar-refractivity contribution < 1.29 is 14.3 Å². The highest BCUT2D eigenvalue weighted by molar-refractivity contribution is 5.87. The quantitative estimate of drug-likeness (QED) is 0.685. The predicted octanol–water partition coefficient (Wildman–Crippen LogP) is 3.18. The third kappa shape index (κ3) is 3.69. The average molecular weight is 327 g/mol. The van der Waals surface area contributed by atoms with Crippen molar-refractivity contribution in [2.45, 2.75) is 39.2 Å². The number of carbonyl (C=O) groups excluding carboxylic acids is 2. The maximum atomic E-state index is 12.1. The van der Waals surface area contributed by atoms with Gasteiger partial charge in [0.15, 0.2) is 0 Å². The molecule has 2 fully saturated rings. The van der Waals surface area contributed by atoms with E-state index < -0.39 is 0 Å². The van der Waals surface area contributed by atoms with E-state index in [1.807, 2.05) is 30.3 Å². The molecule has 1 saturated heterocycles. The fourth-order valence-electron chi connectivity index (χ4n) is 3.93. The number of benzene rings is 1. The van der Waals surface area contributed by atoms with Crippen LogP contribution >= 0.6 is 0 Å². The van der Waals surface area contributed by atoms with Crippen molar-refractivity contribution in [2.75, 3.05) is 6.54 Å². The first-order valence-electron chi connectivity index (χ1n) is 8.65. The molecule has 0 radical (unpaired) electrons. The second-order valence-electron chi connectivity index (χ2n) is 7.50. The Kier molecular flexibility index (Phi) is 4.74. The molecule has 2 bridgehead atoms. The van der Waals surface area contributed by atoms with Crippen molar-refractivity contribution in [1.82, 2.24) is 5.32 Å². The molecule has 1 aromatic carbocycles. The van der Waals surface area contributed by atoms with Crippen molar-refractivity contribution >= 4 is 18.0 Å². The summed E-state index contributed by atoms with van der Waals surface area (Å²) in [5, 5.41) is 3.00. The summed E-state index contributed by atoms with van der Waals surface area (Å²) >= 11 is 0. The van der Waals surface area contributed by atoms with Crippen LogP contribution in [0.5, 0.6) is 0 Å². The molecule has 24 heavy (non-hydrogen) atoms. The van der Waals surface area contributed by atoms with Gasteiger partial charge in [0.05, 0.1) is 0 Å². The maximum absolute atomic E-state index is 12.1. The number of rotatable bonds is 3. The molecule has 2 aliphatic rings. The van der Waals surface area contributed by atoms with Crippen molar-refractivity contribution in [3.63, 3.8) is 0 Å². The Labute approximate surface area is 143 Å². The Bertz CT molecular complexity index is 636. The van der Waals surface area contributed by atoms with Gasteiger partial charge >= 0.3 is 5.97 Å². The number of hydrogen-bond acceptors (Lipinski definition) is 3. The normalized spacial score (nSPS) is 28.9. The van der Waals surface area contributed by atoms with Gasteiger partial charge in [-0.3, -0.25) is 4.79 Å². The summed E-state index contributed by atoms with van der Waals surface area (Å²) in [5.41, 5.74) is 1.07. The molecule has 1 N–H and O–H groups in total. The molecule has 0 unspecified atom stereocenters. The fraction of sp³-hybridized carbons (Fsp3) is 0.500. The van der Waals surface area contributed by atoms with Crippen LogP contribution in [0, 0.1) is 17.3 Å². The second kappa shape index (κ2) is 6.80. The van der Waals surface area contributed by atoms with E-state index in [2.05, 4.69) is 19.2 Å². The summed E-state index contributed by atoms with van der Waals surface area (Å²) in [6.45, 7) is 5.14. The summed E-state index contributed by atoms with van der Waals surface area (Å²) in [6.07, 6.45) is 5.26. The summed E-state index contributed by atoms with van der Waals surface area (Å²) in [7, 11) is 0. The molecular weight excluding hydrogens is 302 g/mol. The monoisotopic (exact) mass is 327 g/mol. The molecule has 1 heterocycles. The van der Waals surface area contributed by atoms with Crippen LogP contribution in [-0.4, -0.2) is 24.5 Å². The molecule has 128 valence electrons. The van der Waals surface area contributed by atoms with Crippen molar-refractivity contribution in [1.29, 1.82) is 0 Å². The predicted molar refractivity (Wildman–Crippen MR) is 93.0 cm³/mol. The molecule has 4 heteroatoms. The summed E-state index contributed by atoms with van der Waals surface area (Å²) in [6, 6.07) is 9.69. The Morgan fingerprint density at radius 2 is 1.92 bits per heavy atom. The number of amides is 1. The minimum atomic E-state index is -0.306. The lowest BCUT2D eigenvalue weighted by Crippen LogP contribution is -2.44. The fourth-order valence-corrected chi connectivity index (χ4v) is 3.93. The molecule has 0 spiro atoms. The zero-order chi connectivity index (χ0) is 17.2. The van der Waals surface area contributed by atoms with E-state index in [0.717, 1.165) is 18.4 Å². The van der Waals surface area contributed by atoms with Crippen molar-refractivity contribution in [2.24, 2.45) is 17.3 Å². The molecule has 1 saturated carbocycles. The van der Waals surface area contributed by atoms with Crippen LogP contribution in [0.15, 0.2) is 36.4 Å². The van der Waals surface area contributed by atoms with Crippen LogP contribution in [0.2, 0.25) is 0 Å². The van der Waals surface area contributed by atoms with E-state index in [-0.39, 0.29) is 29.3 Å². The first kappa shape index (κ1) is 16.7. The number of nitrogens with one attached hydrogen (secondary N) is 1. The first-order valence-corrected chi connectivity index (χ1v) is 8.65. The summed E-state index contributed by atoms with van der Waals surface area (Å²) < 4.78 is 5.67. The van der Waals surface area contributed by atoms with Crippen molar-refractivity contribution in [3.05, 3.63) is 42.0 Å². The SMILES string of the molecule is CC1(C)[C@@H]2CC(=O)NC[C@H]1C[C@@H](OC(=O)/C=C/c1ccccc1)C2. The highest BCUT2D eigenvalue weighted by atomic mass is 16.5. The van der Waals surface area contributed by atoms with Gasteiger partial charge in [0.1, 0.15) is 6.10 Å². The van der Waals surface area contributed by atoms with Gasteiger partial charge in [0.25, 0.3) is 0 Å². The number of esters is 1. The summed E-state index contributed by atoms with van der Waals surface area (Å²) in [4.78, 5) is 24.0. The van der Waals surface area contributed by atoms with Gasteiger partial charge < -0.3 is 10.1 Å². The van der Waals surface area contributed by atoms with Gasteiger partial charge in [0, 0.05) is 19.0 Å². The molecule has 3 rings (SSSR count). The molecular formula is C20H25NO3. The number of carbonyl (C=O) groups is 2. The lowest BCUT2D eigenvalue weighted by Gasteiger charge is -2.45. The second-order valence-corrected chi connectivity index (χ2v) is 7.50. The molecule has 0 aromatic heterocycles. The van der Waals surface area contributed by atoms with Crippen LogP contribution in [0.1, 0.15) is 38.7 Å². The molecule has 1 aliphatic heterocycles. The van der Waals surface area contributed by atoms with Gasteiger partial charge in [-0.1, -0.05) is 44.2 Å². The van der Waals surface area contributed by atoms with E-state index in [9.17, 15) is 9.59 Å². The van der Waals surface area contributed by atoms with Crippen LogP contribution < -0.4 is 5.32 Å². The molecule has 3 atom stereocenters. The highest BCUT2D eigenvalue weighted by Gasteiger charge is 2.47. The summed E-state index contributed by atoms with van der Waals surface area (Å²) in [5.74, 6) is 0.416. The van der Waals surface area contributed by atoms with Crippen molar-refractivity contribution in [3.8, 4) is 0 Å². The molecule has 4 nitrogen and oxygen atoms in total. The van der Waals surface area contributed by atoms with Gasteiger partial charge in [-0.15, -0.1) is 0 Å². The third-order valence-electron chi connectivity index (χ3n) is 5.67. The van der Waals surface area contributed by atoms with E-state index in [1.54, 1.807) is 6.08 Å². The van der Waals surface area contributed by atoms with E-state index in [4.69, 9.17) is 4.74 Å². The Morgan fingerprint density at radius 1 is 1.21 bits per heavy atom. The van der Waals surface area contributed by atoms with E-state index in [0.29, 0.717) is 18.9 Å². The zero-order valence-electron chi connectivity index (χ0n) is 14.3. The highest BCUT2D eigenvalue weighted by Crippen LogP contribution is 2.48. The maximum Gasteiger partial charge on any atom is 0.331 e. The van der Waals surface area contributed by atoms with E-state index in [1.165, 1.54) is 6.08 Å². The van der Waals surface area contributed by atoms with Crippen LogP contribution in [0.4, 0.5) is 0 Å². The smallest absolute Gasteiger partial charge is 0.331 e. The first-order chi connectivity index (χ1) is 11.4. The Hall–Kier alpha value is -2.10. The number of fused-ring (bicyclic) bond motifs is 2.